The van der Waals surface area contributed by atoms with Crippen molar-refractivity contribution in [1.29, 1.82) is 0 Å². The van der Waals surface area contributed by atoms with Crippen LogP contribution in [0.25, 0.3) is 0 Å². The van der Waals surface area contributed by atoms with Gasteiger partial charge in [0.15, 0.2) is 0 Å². The molecule has 0 aromatic rings. The lowest BCUT2D eigenvalue weighted by molar-refractivity contribution is -0.146. The molecule has 30 heavy (non-hydrogen) atoms. The van der Waals surface area contributed by atoms with Crippen LogP contribution in [0.15, 0.2) is 16.6 Å². The number of hydrogen-bond donors (Lipinski definition) is 1. The molecule has 9 nitrogen and oxygen atoms in total. The van der Waals surface area contributed by atoms with Gasteiger partial charge in [-0.2, -0.15) is 4.90 Å². The largest absolute Gasteiger partial charge is 0.467 e. The molecule has 1 atom stereocenters. The van der Waals surface area contributed by atoms with Gasteiger partial charge in [0, 0.05) is 0 Å². The van der Waals surface area contributed by atoms with Crippen LogP contribution in [0.2, 0.25) is 0 Å². The van der Waals surface area contributed by atoms with Crippen molar-refractivity contribution < 1.29 is 28.6 Å². The highest BCUT2D eigenvalue weighted by Gasteiger charge is 2.40. The molecule has 172 valence electrons. The SMILES string of the molecule is COC(=O)C(CCC=C(C)CN=C(C)N)N(C(=O)OC(C)(C)C)C(=O)OC(C)(C)C. The van der Waals surface area contributed by atoms with Gasteiger partial charge in [-0.3, -0.25) is 4.99 Å². The second kappa shape index (κ2) is 11.6. The minimum Gasteiger partial charge on any atom is -0.467 e. The maximum absolute atomic E-state index is 12.8. The van der Waals surface area contributed by atoms with Crippen LogP contribution in [-0.2, 0) is 19.0 Å². The molecule has 0 aromatic heterocycles. The van der Waals surface area contributed by atoms with Crippen molar-refractivity contribution in [2.24, 2.45) is 10.7 Å². The van der Waals surface area contributed by atoms with Gasteiger partial charge in [-0.15, -0.1) is 0 Å². The summed E-state index contributed by atoms with van der Waals surface area (Å²) in [5.41, 5.74) is 4.73. The van der Waals surface area contributed by atoms with E-state index in [9.17, 15) is 14.4 Å². The van der Waals surface area contributed by atoms with E-state index in [2.05, 4.69) is 4.99 Å². The zero-order valence-corrected chi connectivity index (χ0v) is 19.7. The summed E-state index contributed by atoms with van der Waals surface area (Å²) in [6.45, 7) is 14.0. The maximum Gasteiger partial charge on any atom is 0.420 e. The maximum atomic E-state index is 12.8. The molecule has 1 unspecified atom stereocenters. The van der Waals surface area contributed by atoms with Gasteiger partial charge in [-0.05, 0) is 68.2 Å². The number of carbonyl (C=O) groups is 3. The van der Waals surface area contributed by atoms with Gasteiger partial charge in [0.1, 0.15) is 17.2 Å². The van der Waals surface area contributed by atoms with Gasteiger partial charge >= 0.3 is 18.2 Å². The number of nitrogens with zero attached hydrogens (tertiary/aromatic N) is 2. The van der Waals surface area contributed by atoms with Crippen molar-refractivity contribution in [2.75, 3.05) is 13.7 Å². The Balaban J connectivity index is 5.75. The Morgan fingerprint density at radius 2 is 1.47 bits per heavy atom. The molecule has 0 heterocycles. The summed E-state index contributed by atoms with van der Waals surface area (Å²) in [5, 5.41) is 0. The summed E-state index contributed by atoms with van der Waals surface area (Å²) in [6, 6.07) is -1.21. The highest BCUT2D eigenvalue weighted by molar-refractivity contribution is 5.94. The summed E-state index contributed by atoms with van der Waals surface area (Å²) in [5.74, 6) is -0.273. The Hall–Kier alpha value is -2.58. The molecule has 0 saturated carbocycles. The number of hydrogen-bond acceptors (Lipinski definition) is 7. The van der Waals surface area contributed by atoms with Crippen molar-refractivity contribution in [2.45, 2.75) is 85.5 Å². The van der Waals surface area contributed by atoms with Crippen molar-refractivity contribution in [3.05, 3.63) is 11.6 Å². The number of amidine groups is 1. The second-order valence-electron chi connectivity index (χ2n) is 8.96. The Morgan fingerprint density at radius 3 is 1.83 bits per heavy atom. The van der Waals surface area contributed by atoms with Crippen molar-refractivity contribution in [1.82, 2.24) is 4.90 Å². The zero-order valence-electron chi connectivity index (χ0n) is 19.7. The monoisotopic (exact) mass is 427 g/mol. The number of amides is 2. The summed E-state index contributed by atoms with van der Waals surface area (Å²) < 4.78 is 15.5. The summed E-state index contributed by atoms with van der Waals surface area (Å²) in [7, 11) is 1.19. The van der Waals surface area contributed by atoms with E-state index in [1.807, 2.05) is 13.0 Å². The Bertz CT molecular complexity index is 639. The molecule has 9 heteroatoms. The zero-order chi connectivity index (χ0) is 23.7. The predicted molar refractivity (Wildman–Crippen MR) is 115 cm³/mol. The average molecular weight is 428 g/mol. The summed E-state index contributed by atoms with van der Waals surface area (Å²) in [4.78, 5) is 42.8. The molecule has 0 aromatic carbocycles. The van der Waals surface area contributed by atoms with Crippen LogP contribution in [-0.4, -0.2) is 59.8 Å². The molecule has 0 saturated heterocycles. The molecule has 0 rings (SSSR count). The molecule has 2 amide bonds. The highest BCUT2D eigenvalue weighted by atomic mass is 16.6. The molecule has 0 fully saturated rings. The number of imide groups is 1. The number of esters is 1. The van der Waals surface area contributed by atoms with E-state index < -0.39 is 35.4 Å². The third-order valence-electron chi connectivity index (χ3n) is 3.48. The number of ether oxygens (including phenoxy) is 3. The molecular formula is C21H37N3O6. The Morgan fingerprint density at radius 1 is 1.00 bits per heavy atom. The summed E-state index contributed by atoms with van der Waals surface area (Å²) >= 11 is 0. The normalized spacial score (nSPS) is 14.0. The first-order chi connectivity index (χ1) is 13.6. The Labute approximate surface area is 179 Å². The van der Waals surface area contributed by atoms with Crippen LogP contribution in [0.1, 0.15) is 68.2 Å². The number of allylic oxidation sites excluding steroid dienone is 1. The number of methoxy groups -OCH3 is 1. The predicted octanol–water partition coefficient (Wildman–Crippen LogP) is 3.80. The van der Waals surface area contributed by atoms with E-state index in [1.54, 1.807) is 48.5 Å². The highest BCUT2D eigenvalue weighted by Crippen LogP contribution is 2.20. The minimum absolute atomic E-state index is 0.133. The van der Waals surface area contributed by atoms with E-state index in [1.165, 1.54) is 7.11 Å². The number of carbonyl (C=O) groups excluding carboxylic acids is 3. The van der Waals surface area contributed by atoms with Crippen LogP contribution >= 0.6 is 0 Å². The third-order valence-corrected chi connectivity index (χ3v) is 3.48. The molecular weight excluding hydrogens is 390 g/mol. The lowest BCUT2D eigenvalue weighted by Crippen LogP contribution is -2.52. The summed E-state index contributed by atoms with van der Waals surface area (Å²) in [6.07, 6.45) is 0.443. The van der Waals surface area contributed by atoms with Gasteiger partial charge in [-0.25, -0.2) is 14.4 Å². The van der Waals surface area contributed by atoms with Crippen LogP contribution < -0.4 is 5.73 Å². The fourth-order valence-corrected chi connectivity index (χ4v) is 2.24. The molecule has 0 aliphatic rings. The average Bonchev–Trinajstić information content (AvgIpc) is 2.54. The minimum atomic E-state index is -1.21. The molecule has 2 N–H and O–H groups in total. The van der Waals surface area contributed by atoms with E-state index >= 15 is 0 Å². The number of nitrogens with two attached hydrogens (primary N) is 1. The van der Waals surface area contributed by atoms with Crippen molar-refractivity contribution in [3.8, 4) is 0 Å². The first kappa shape index (κ1) is 27.4. The first-order valence-electron chi connectivity index (χ1n) is 9.82. The van der Waals surface area contributed by atoms with Crippen LogP contribution in [0, 0.1) is 0 Å². The van der Waals surface area contributed by atoms with E-state index in [0.717, 1.165) is 5.57 Å². The fraction of sp³-hybridized carbons (Fsp3) is 0.714. The van der Waals surface area contributed by atoms with Crippen LogP contribution in [0.4, 0.5) is 9.59 Å². The molecule has 0 bridgehead atoms. The second-order valence-corrected chi connectivity index (χ2v) is 8.96. The number of rotatable bonds is 7. The Kier molecular flexibility index (Phi) is 10.6. The molecule has 0 aliphatic carbocycles. The van der Waals surface area contributed by atoms with Gasteiger partial charge < -0.3 is 19.9 Å². The quantitative estimate of drug-likeness (QED) is 0.216. The van der Waals surface area contributed by atoms with Crippen LogP contribution in [0.3, 0.4) is 0 Å². The molecule has 0 spiro atoms. The standard InChI is InChI=1S/C21H37N3O6/c1-14(13-23-15(2)22)11-10-12-16(17(25)28-9)24(18(26)29-20(3,4)5)19(27)30-21(6,7)8/h11,16H,10,12-13H2,1-9H3,(H2,22,23). The van der Waals surface area contributed by atoms with Crippen LogP contribution in [0.5, 0.6) is 0 Å². The van der Waals surface area contributed by atoms with Crippen molar-refractivity contribution in [3.63, 3.8) is 0 Å². The van der Waals surface area contributed by atoms with E-state index in [4.69, 9.17) is 19.9 Å². The first-order valence-corrected chi connectivity index (χ1v) is 9.82. The third kappa shape index (κ3) is 11.4. The van der Waals surface area contributed by atoms with Crippen molar-refractivity contribution >= 4 is 24.0 Å². The van der Waals surface area contributed by atoms with Gasteiger partial charge in [-0.1, -0.05) is 11.6 Å². The molecule has 0 radical (unpaired) electrons. The van der Waals surface area contributed by atoms with E-state index in [-0.39, 0.29) is 6.42 Å². The lowest BCUT2D eigenvalue weighted by Gasteiger charge is -2.32. The smallest absolute Gasteiger partial charge is 0.420 e. The molecule has 0 aliphatic heterocycles. The fourth-order valence-electron chi connectivity index (χ4n) is 2.24. The lowest BCUT2D eigenvalue weighted by atomic mass is 10.1. The van der Waals surface area contributed by atoms with E-state index in [0.29, 0.717) is 23.7 Å². The number of aliphatic imine (C=N–C) groups is 1. The van der Waals surface area contributed by atoms with Gasteiger partial charge in [0.25, 0.3) is 0 Å². The van der Waals surface area contributed by atoms with Gasteiger partial charge in [0.2, 0.25) is 0 Å². The topological polar surface area (TPSA) is 121 Å². The van der Waals surface area contributed by atoms with Gasteiger partial charge in [0.05, 0.1) is 19.5 Å².